The average molecular weight is 386 g/mol. The number of hydrogen-bond acceptors (Lipinski definition) is 6. The summed E-state index contributed by atoms with van der Waals surface area (Å²) in [6, 6.07) is 15.0. The molecule has 1 N–H and O–H groups in total. The van der Waals surface area contributed by atoms with Gasteiger partial charge in [0.2, 0.25) is 10.0 Å². The second-order valence-corrected chi connectivity index (χ2v) is 7.99. The Kier molecular flexibility index (Phi) is 5.28. The predicted octanol–water partition coefficient (Wildman–Crippen LogP) is 0.843. The van der Waals surface area contributed by atoms with E-state index in [1.165, 1.54) is 43.0 Å². The lowest BCUT2D eigenvalue weighted by atomic mass is 10.2. The first-order valence-corrected chi connectivity index (χ1v) is 9.47. The summed E-state index contributed by atoms with van der Waals surface area (Å²) in [5.74, 6) is 0.118. The standard InChI is InChI=1S/C17H18N6O3S/c1-22(2)27(25,26)15-10-8-13(9-11-15)17(24)18-12-16-19-20-21-23(16)14-6-4-3-5-7-14/h3-11H,12H2,1-2H3,(H,18,24). The van der Waals surface area contributed by atoms with E-state index < -0.39 is 10.0 Å². The first-order valence-electron chi connectivity index (χ1n) is 8.03. The van der Waals surface area contributed by atoms with Gasteiger partial charge in [0.15, 0.2) is 5.82 Å². The molecule has 2 aromatic carbocycles. The summed E-state index contributed by atoms with van der Waals surface area (Å²) in [6.45, 7) is 0.123. The van der Waals surface area contributed by atoms with Gasteiger partial charge in [0, 0.05) is 19.7 Å². The lowest BCUT2D eigenvalue weighted by Gasteiger charge is -2.11. The summed E-state index contributed by atoms with van der Waals surface area (Å²) in [7, 11) is -0.629. The molecular formula is C17H18N6O3S. The molecule has 0 saturated carbocycles. The van der Waals surface area contributed by atoms with Crippen LogP contribution in [0.5, 0.6) is 0 Å². The Morgan fingerprint density at radius 2 is 1.74 bits per heavy atom. The van der Waals surface area contributed by atoms with Gasteiger partial charge in [-0.2, -0.15) is 4.68 Å². The van der Waals surface area contributed by atoms with Crippen molar-refractivity contribution in [1.82, 2.24) is 29.8 Å². The fraction of sp³-hybridized carbons (Fsp3) is 0.176. The van der Waals surface area contributed by atoms with Crippen LogP contribution in [0.1, 0.15) is 16.2 Å². The van der Waals surface area contributed by atoms with E-state index in [9.17, 15) is 13.2 Å². The van der Waals surface area contributed by atoms with Gasteiger partial charge in [0.25, 0.3) is 5.91 Å². The maximum atomic E-state index is 12.3. The summed E-state index contributed by atoms with van der Waals surface area (Å²) in [4.78, 5) is 12.5. The van der Waals surface area contributed by atoms with Crippen molar-refractivity contribution in [1.29, 1.82) is 0 Å². The highest BCUT2D eigenvalue weighted by Gasteiger charge is 2.18. The number of tetrazole rings is 1. The highest BCUT2D eigenvalue weighted by Crippen LogP contribution is 2.14. The van der Waals surface area contributed by atoms with Crippen LogP contribution >= 0.6 is 0 Å². The van der Waals surface area contributed by atoms with Gasteiger partial charge in [0.1, 0.15) is 0 Å². The van der Waals surface area contributed by atoms with E-state index in [0.29, 0.717) is 11.4 Å². The summed E-state index contributed by atoms with van der Waals surface area (Å²) < 4.78 is 26.8. The Bertz CT molecular complexity index is 1030. The third-order valence-corrected chi connectivity index (χ3v) is 5.67. The van der Waals surface area contributed by atoms with Crippen molar-refractivity contribution >= 4 is 15.9 Å². The molecule has 3 rings (SSSR count). The Morgan fingerprint density at radius 1 is 1.07 bits per heavy atom. The van der Waals surface area contributed by atoms with E-state index in [0.717, 1.165) is 9.99 Å². The van der Waals surface area contributed by atoms with Gasteiger partial charge in [-0.3, -0.25) is 4.79 Å². The number of rotatable bonds is 6. The van der Waals surface area contributed by atoms with Crippen molar-refractivity contribution in [3.05, 3.63) is 66.0 Å². The quantitative estimate of drug-likeness (QED) is 0.672. The molecule has 1 amide bonds. The van der Waals surface area contributed by atoms with E-state index in [4.69, 9.17) is 0 Å². The van der Waals surface area contributed by atoms with Crippen molar-refractivity contribution < 1.29 is 13.2 Å². The van der Waals surface area contributed by atoms with Gasteiger partial charge < -0.3 is 5.32 Å². The molecule has 10 heteroatoms. The van der Waals surface area contributed by atoms with Crippen molar-refractivity contribution in [2.45, 2.75) is 11.4 Å². The molecule has 0 radical (unpaired) electrons. The Labute approximate surface area is 156 Å². The van der Waals surface area contributed by atoms with E-state index in [2.05, 4.69) is 20.8 Å². The lowest BCUT2D eigenvalue weighted by molar-refractivity contribution is 0.0949. The van der Waals surface area contributed by atoms with E-state index in [1.54, 1.807) is 0 Å². The van der Waals surface area contributed by atoms with Crippen LogP contribution in [0.3, 0.4) is 0 Å². The SMILES string of the molecule is CN(C)S(=O)(=O)c1ccc(C(=O)NCc2nnnn2-c2ccccc2)cc1. The van der Waals surface area contributed by atoms with E-state index in [1.807, 2.05) is 30.3 Å². The minimum absolute atomic E-state index is 0.122. The Hall–Kier alpha value is -3.11. The normalized spacial score (nSPS) is 11.5. The topological polar surface area (TPSA) is 110 Å². The molecule has 0 atom stereocenters. The van der Waals surface area contributed by atoms with Crippen LogP contribution < -0.4 is 5.32 Å². The van der Waals surface area contributed by atoms with Crippen LogP contribution in [0.25, 0.3) is 5.69 Å². The maximum Gasteiger partial charge on any atom is 0.251 e. The summed E-state index contributed by atoms with van der Waals surface area (Å²) in [6.07, 6.45) is 0. The Morgan fingerprint density at radius 3 is 2.37 bits per heavy atom. The number of benzene rings is 2. The molecule has 0 saturated heterocycles. The predicted molar refractivity (Wildman–Crippen MR) is 97.6 cm³/mol. The van der Waals surface area contributed by atoms with Gasteiger partial charge in [-0.25, -0.2) is 12.7 Å². The number of sulfonamides is 1. The monoisotopic (exact) mass is 386 g/mol. The zero-order chi connectivity index (χ0) is 19.4. The van der Waals surface area contributed by atoms with Gasteiger partial charge in [-0.15, -0.1) is 5.10 Å². The van der Waals surface area contributed by atoms with Gasteiger partial charge >= 0.3 is 0 Å². The van der Waals surface area contributed by atoms with Crippen LogP contribution in [-0.2, 0) is 16.6 Å². The number of nitrogens with zero attached hydrogens (tertiary/aromatic N) is 5. The number of amides is 1. The van der Waals surface area contributed by atoms with Crippen LogP contribution in [-0.4, -0.2) is 52.9 Å². The summed E-state index contributed by atoms with van der Waals surface area (Å²) in [5.41, 5.74) is 1.12. The molecule has 0 aliphatic rings. The molecule has 140 valence electrons. The molecule has 0 fully saturated rings. The largest absolute Gasteiger partial charge is 0.345 e. The zero-order valence-electron chi connectivity index (χ0n) is 14.8. The number of carbonyl (C=O) groups excluding carboxylic acids is 1. The number of carbonyl (C=O) groups is 1. The second-order valence-electron chi connectivity index (χ2n) is 5.84. The first kappa shape index (κ1) is 18.7. The van der Waals surface area contributed by atoms with Crippen LogP contribution in [0, 0.1) is 0 Å². The molecule has 0 unspecified atom stereocenters. The maximum absolute atomic E-state index is 12.3. The van der Waals surface area contributed by atoms with Crippen LogP contribution in [0.15, 0.2) is 59.5 Å². The van der Waals surface area contributed by atoms with E-state index in [-0.39, 0.29) is 17.3 Å². The molecule has 3 aromatic rings. The van der Waals surface area contributed by atoms with Crippen LogP contribution in [0.4, 0.5) is 0 Å². The fourth-order valence-electron chi connectivity index (χ4n) is 2.34. The average Bonchev–Trinajstić information content (AvgIpc) is 3.15. The van der Waals surface area contributed by atoms with Gasteiger partial charge in [-0.1, -0.05) is 18.2 Å². The fourth-order valence-corrected chi connectivity index (χ4v) is 3.24. The van der Waals surface area contributed by atoms with Gasteiger partial charge in [-0.05, 0) is 46.8 Å². The van der Waals surface area contributed by atoms with Crippen molar-refractivity contribution in [3.8, 4) is 5.69 Å². The molecule has 0 spiro atoms. The van der Waals surface area contributed by atoms with Crippen molar-refractivity contribution in [2.75, 3.05) is 14.1 Å². The molecule has 0 aliphatic heterocycles. The molecule has 0 aliphatic carbocycles. The lowest BCUT2D eigenvalue weighted by Crippen LogP contribution is -2.25. The molecule has 0 bridgehead atoms. The molecule has 27 heavy (non-hydrogen) atoms. The third-order valence-electron chi connectivity index (χ3n) is 3.84. The highest BCUT2D eigenvalue weighted by molar-refractivity contribution is 7.89. The highest BCUT2D eigenvalue weighted by atomic mass is 32.2. The number of para-hydroxylation sites is 1. The minimum Gasteiger partial charge on any atom is -0.345 e. The van der Waals surface area contributed by atoms with E-state index >= 15 is 0 Å². The summed E-state index contributed by atoms with van der Waals surface area (Å²) in [5, 5.41) is 14.2. The number of nitrogens with one attached hydrogen (secondary N) is 1. The molecule has 9 nitrogen and oxygen atoms in total. The summed E-state index contributed by atoms with van der Waals surface area (Å²) >= 11 is 0. The van der Waals surface area contributed by atoms with Crippen molar-refractivity contribution in [2.24, 2.45) is 0 Å². The minimum atomic E-state index is -3.53. The third kappa shape index (κ3) is 4.01. The number of hydrogen-bond donors (Lipinski definition) is 1. The Balaban J connectivity index is 1.70. The smallest absolute Gasteiger partial charge is 0.251 e. The van der Waals surface area contributed by atoms with Crippen molar-refractivity contribution in [3.63, 3.8) is 0 Å². The first-order chi connectivity index (χ1) is 12.9. The number of aromatic nitrogens is 4. The molecular weight excluding hydrogens is 368 g/mol. The van der Waals surface area contributed by atoms with Crippen LogP contribution in [0.2, 0.25) is 0 Å². The van der Waals surface area contributed by atoms with Gasteiger partial charge in [0.05, 0.1) is 17.1 Å². The molecule has 1 aromatic heterocycles. The second kappa shape index (κ2) is 7.64. The molecule has 1 heterocycles. The zero-order valence-corrected chi connectivity index (χ0v) is 15.6.